The molecule has 2 N–H and O–H groups in total. The van der Waals surface area contributed by atoms with Gasteiger partial charge in [-0.2, -0.15) is 18.3 Å². The Morgan fingerprint density at radius 3 is 2.56 bits per heavy atom. The lowest BCUT2D eigenvalue weighted by Gasteiger charge is -2.09. The Balaban J connectivity index is 1.39. The second-order valence-corrected chi connectivity index (χ2v) is 8.38. The van der Waals surface area contributed by atoms with Gasteiger partial charge in [0.05, 0.1) is 17.7 Å². The van der Waals surface area contributed by atoms with Gasteiger partial charge >= 0.3 is 6.18 Å². The van der Waals surface area contributed by atoms with Crippen LogP contribution in [0.4, 0.5) is 18.9 Å². The van der Waals surface area contributed by atoms with Gasteiger partial charge in [0.1, 0.15) is 0 Å². The molecule has 2 heterocycles. The predicted octanol–water partition coefficient (Wildman–Crippen LogP) is 4.11. The summed E-state index contributed by atoms with van der Waals surface area (Å²) in [5, 5.41) is 10.1. The van der Waals surface area contributed by atoms with E-state index in [9.17, 15) is 22.8 Å². The molecule has 0 saturated heterocycles. The van der Waals surface area contributed by atoms with E-state index in [-0.39, 0.29) is 30.0 Å². The summed E-state index contributed by atoms with van der Waals surface area (Å²) in [5.41, 5.74) is 2.61. The van der Waals surface area contributed by atoms with E-state index in [1.165, 1.54) is 10.7 Å². The fourth-order valence-electron chi connectivity index (χ4n) is 3.61. The molecule has 7 nitrogen and oxygen atoms in total. The zero-order valence-corrected chi connectivity index (χ0v) is 18.7. The molecule has 0 radical (unpaired) electrons. The minimum absolute atomic E-state index is 0.0201. The second kappa shape index (κ2) is 9.28. The molecule has 4 rings (SSSR count). The predicted molar refractivity (Wildman–Crippen MR) is 119 cm³/mol. The van der Waals surface area contributed by atoms with Crippen molar-refractivity contribution in [2.75, 3.05) is 5.32 Å². The molecule has 1 aliphatic carbocycles. The lowest BCUT2D eigenvalue weighted by Crippen LogP contribution is -2.25. The van der Waals surface area contributed by atoms with Crippen LogP contribution >= 0.6 is 0 Å². The topological polar surface area (TPSA) is 88.9 Å². The van der Waals surface area contributed by atoms with E-state index < -0.39 is 11.7 Å². The van der Waals surface area contributed by atoms with Gasteiger partial charge in [-0.15, -0.1) is 0 Å². The molecular weight excluding hydrogens is 447 g/mol. The minimum Gasteiger partial charge on any atom is -0.352 e. The molecule has 10 heteroatoms. The van der Waals surface area contributed by atoms with E-state index >= 15 is 0 Å². The molecule has 1 saturated carbocycles. The van der Waals surface area contributed by atoms with Crippen molar-refractivity contribution < 1.29 is 22.8 Å². The summed E-state index contributed by atoms with van der Waals surface area (Å²) in [7, 11) is 0. The summed E-state index contributed by atoms with van der Waals surface area (Å²) in [6, 6.07) is 9.51. The summed E-state index contributed by atoms with van der Waals surface area (Å²) in [5.74, 6) is 0.143. The molecule has 0 atom stereocenters. The van der Waals surface area contributed by atoms with Gasteiger partial charge in [-0.3, -0.25) is 9.59 Å². The van der Waals surface area contributed by atoms with Crippen LogP contribution in [0.2, 0.25) is 0 Å². The number of carbonyl (C=O) groups is 2. The van der Waals surface area contributed by atoms with Crippen LogP contribution in [0.5, 0.6) is 0 Å². The molecule has 1 aromatic carbocycles. The lowest BCUT2D eigenvalue weighted by molar-refractivity contribution is -0.137. The van der Waals surface area contributed by atoms with Gasteiger partial charge in [0.15, 0.2) is 5.82 Å². The van der Waals surface area contributed by atoms with Crippen LogP contribution < -0.4 is 10.6 Å². The Morgan fingerprint density at radius 1 is 1.15 bits per heavy atom. The van der Waals surface area contributed by atoms with Crippen LogP contribution in [0.1, 0.15) is 40.9 Å². The van der Waals surface area contributed by atoms with Crippen molar-refractivity contribution in [3.8, 4) is 5.82 Å². The highest BCUT2D eigenvalue weighted by molar-refractivity contribution is 5.94. The Hall–Kier alpha value is -3.69. The van der Waals surface area contributed by atoms with Gasteiger partial charge in [-0.25, -0.2) is 9.67 Å². The Bertz CT molecular complexity index is 1210. The number of carbonyl (C=O) groups excluding carboxylic acids is 2. The summed E-state index contributed by atoms with van der Waals surface area (Å²) >= 11 is 0. The van der Waals surface area contributed by atoms with Crippen molar-refractivity contribution >= 4 is 17.5 Å². The van der Waals surface area contributed by atoms with Crippen molar-refractivity contribution in [2.45, 2.75) is 45.8 Å². The van der Waals surface area contributed by atoms with E-state index in [0.29, 0.717) is 29.2 Å². The highest BCUT2D eigenvalue weighted by atomic mass is 19.4. The van der Waals surface area contributed by atoms with Crippen molar-refractivity contribution in [3.63, 3.8) is 0 Å². The van der Waals surface area contributed by atoms with Crippen molar-refractivity contribution in [3.05, 3.63) is 70.7 Å². The number of hydrogen-bond donors (Lipinski definition) is 2. The number of nitrogens with one attached hydrogen (secondary N) is 2. The fraction of sp³-hybridized carbons (Fsp3) is 0.333. The zero-order valence-electron chi connectivity index (χ0n) is 18.7. The third-order valence-corrected chi connectivity index (χ3v) is 5.70. The number of benzene rings is 1. The van der Waals surface area contributed by atoms with Gasteiger partial charge in [0.2, 0.25) is 11.8 Å². The molecule has 0 aliphatic heterocycles. The van der Waals surface area contributed by atoms with E-state index in [1.807, 2.05) is 24.3 Å². The van der Waals surface area contributed by atoms with Crippen molar-refractivity contribution in [1.82, 2.24) is 20.1 Å². The van der Waals surface area contributed by atoms with Gasteiger partial charge < -0.3 is 10.6 Å². The third kappa shape index (κ3) is 5.44. The minimum atomic E-state index is -4.47. The van der Waals surface area contributed by atoms with Gasteiger partial charge in [0.25, 0.3) is 0 Å². The molecule has 2 amide bonds. The average Bonchev–Trinajstić information content (AvgIpc) is 3.61. The molecule has 2 aromatic heterocycles. The molecule has 34 heavy (non-hydrogen) atoms. The maximum atomic E-state index is 12.8. The normalized spacial score (nSPS) is 13.6. The van der Waals surface area contributed by atoms with Crippen LogP contribution in [-0.2, 0) is 28.7 Å². The number of halogens is 3. The summed E-state index contributed by atoms with van der Waals surface area (Å²) in [6.07, 6.45) is -1.79. The molecule has 0 bridgehead atoms. The standard InChI is InChI=1S/C24H24F3N5O2/c1-14-20(15(2)32(31-14)21-9-8-18(13-28-21)24(25,26)27)11-22(33)29-12-16-4-3-5-19(10-16)30-23(34)17-6-7-17/h3-5,8-10,13,17H,6-7,11-12H2,1-2H3,(H,29,33)(H,30,34). The summed E-state index contributed by atoms with van der Waals surface area (Å²) < 4.78 is 39.8. The van der Waals surface area contributed by atoms with Crippen LogP contribution in [0.15, 0.2) is 42.6 Å². The third-order valence-electron chi connectivity index (χ3n) is 5.70. The van der Waals surface area contributed by atoms with Crippen LogP contribution in [0, 0.1) is 19.8 Å². The van der Waals surface area contributed by atoms with Crippen molar-refractivity contribution in [2.24, 2.45) is 5.92 Å². The van der Waals surface area contributed by atoms with Gasteiger partial charge in [-0.1, -0.05) is 12.1 Å². The number of pyridine rings is 1. The number of anilines is 1. The number of amides is 2. The van der Waals surface area contributed by atoms with E-state index in [1.54, 1.807) is 13.8 Å². The molecule has 178 valence electrons. The quantitative estimate of drug-likeness (QED) is 0.543. The maximum Gasteiger partial charge on any atom is 0.417 e. The first kappa shape index (κ1) is 23.5. The van der Waals surface area contributed by atoms with Crippen LogP contribution in [-0.4, -0.2) is 26.6 Å². The Morgan fingerprint density at radius 2 is 1.91 bits per heavy atom. The van der Waals surface area contributed by atoms with Gasteiger partial charge in [0, 0.05) is 35.6 Å². The monoisotopic (exact) mass is 471 g/mol. The highest BCUT2D eigenvalue weighted by Gasteiger charge is 2.31. The number of rotatable bonds is 7. The number of hydrogen-bond acceptors (Lipinski definition) is 4. The second-order valence-electron chi connectivity index (χ2n) is 8.38. The Labute approximate surface area is 194 Å². The van der Waals surface area contributed by atoms with Gasteiger partial charge in [-0.05, 0) is 56.5 Å². The first-order chi connectivity index (χ1) is 16.1. The lowest BCUT2D eigenvalue weighted by atomic mass is 10.1. The zero-order chi connectivity index (χ0) is 24.5. The number of aromatic nitrogens is 3. The molecule has 1 aliphatic rings. The number of alkyl halides is 3. The fourth-order valence-corrected chi connectivity index (χ4v) is 3.61. The first-order valence-electron chi connectivity index (χ1n) is 10.9. The molecule has 0 unspecified atom stereocenters. The largest absolute Gasteiger partial charge is 0.417 e. The molecule has 3 aromatic rings. The molecular formula is C24H24F3N5O2. The van der Waals surface area contributed by atoms with Crippen LogP contribution in [0.3, 0.4) is 0 Å². The molecule has 1 fully saturated rings. The van der Waals surface area contributed by atoms with E-state index in [2.05, 4.69) is 20.7 Å². The average molecular weight is 471 g/mol. The van der Waals surface area contributed by atoms with Crippen LogP contribution in [0.25, 0.3) is 5.82 Å². The Kier molecular flexibility index (Phi) is 6.41. The van der Waals surface area contributed by atoms with E-state index in [0.717, 1.165) is 30.7 Å². The number of aryl methyl sites for hydroxylation is 1. The molecule has 0 spiro atoms. The first-order valence-corrected chi connectivity index (χ1v) is 10.9. The number of nitrogens with zero attached hydrogens (tertiary/aromatic N) is 3. The highest BCUT2D eigenvalue weighted by Crippen LogP contribution is 2.30. The summed E-state index contributed by atoms with van der Waals surface area (Å²) in [4.78, 5) is 28.4. The van der Waals surface area contributed by atoms with Crippen molar-refractivity contribution in [1.29, 1.82) is 0 Å². The SMILES string of the molecule is Cc1nn(-c2ccc(C(F)(F)F)cn2)c(C)c1CC(=O)NCc1cccc(NC(=O)C2CC2)c1. The summed E-state index contributed by atoms with van der Waals surface area (Å²) in [6.45, 7) is 3.77. The van der Waals surface area contributed by atoms with E-state index in [4.69, 9.17) is 0 Å². The smallest absolute Gasteiger partial charge is 0.352 e. The maximum absolute atomic E-state index is 12.8.